The molecule has 2 aromatic rings. The van der Waals surface area contributed by atoms with Crippen molar-refractivity contribution in [2.45, 2.75) is 27.7 Å². The summed E-state index contributed by atoms with van der Waals surface area (Å²) in [5, 5.41) is 0. The zero-order valence-corrected chi connectivity index (χ0v) is 11.4. The van der Waals surface area contributed by atoms with Gasteiger partial charge in [-0.25, -0.2) is 0 Å². The Labute approximate surface area is 108 Å². The van der Waals surface area contributed by atoms with Crippen LogP contribution in [0.25, 0.3) is 0 Å². The zero-order chi connectivity index (χ0) is 13.3. The van der Waals surface area contributed by atoms with Crippen molar-refractivity contribution in [3.63, 3.8) is 0 Å². The molecule has 0 aliphatic carbocycles. The second kappa shape index (κ2) is 4.77. The molecule has 92 valence electrons. The predicted octanol–water partition coefficient (Wildman–Crippen LogP) is 4.15. The topological polar surface area (TPSA) is 17.1 Å². The van der Waals surface area contributed by atoms with Crippen molar-refractivity contribution in [2.75, 3.05) is 0 Å². The molecule has 0 unspecified atom stereocenters. The third-order valence-corrected chi connectivity index (χ3v) is 3.12. The maximum Gasteiger partial charge on any atom is 0.193 e. The van der Waals surface area contributed by atoms with Crippen molar-refractivity contribution in [3.8, 4) is 0 Å². The van der Waals surface area contributed by atoms with Crippen LogP contribution in [0.4, 0.5) is 0 Å². The van der Waals surface area contributed by atoms with Crippen LogP contribution in [-0.2, 0) is 0 Å². The molecule has 18 heavy (non-hydrogen) atoms. The van der Waals surface area contributed by atoms with Crippen LogP contribution in [-0.4, -0.2) is 5.78 Å². The van der Waals surface area contributed by atoms with Crippen molar-refractivity contribution >= 4 is 5.78 Å². The maximum atomic E-state index is 12.5. The molecule has 0 heterocycles. The summed E-state index contributed by atoms with van der Waals surface area (Å²) in [7, 11) is 0. The standard InChI is InChI=1S/C17H18O/c1-11-5-6-14(4)16(10-11)17(18)15-8-12(2)7-13(3)9-15/h5-10H,1-4H3. The Morgan fingerprint density at radius 1 is 0.778 bits per heavy atom. The average molecular weight is 238 g/mol. The van der Waals surface area contributed by atoms with E-state index in [1.807, 2.05) is 58.0 Å². The van der Waals surface area contributed by atoms with Crippen molar-refractivity contribution in [1.82, 2.24) is 0 Å². The minimum Gasteiger partial charge on any atom is -0.289 e. The molecule has 0 aromatic heterocycles. The molecule has 0 spiro atoms. The molecule has 0 fully saturated rings. The average Bonchev–Trinajstić information content (AvgIpc) is 2.30. The minimum atomic E-state index is 0.114. The molecule has 1 nitrogen and oxygen atoms in total. The van der Waals surface area contributed by atoms with Crippen LogP contribution in [0.3, 0.4) is 0 Å². The first-order valence-corrected chi connectivity index (χ1v) is 6.17. The molecule has 0 N–H and O–H groups in total. The number of ketones is 1. The molecule has 0 radical (unpaired) electrons. The van der Waals surface area contributed by atoms with Crippen molar-refractivity contribution < 1.29 is 4.79 Å². The number of hydrogen-bond acceptors (Lipinski definition) is 1. The van der Waals surface area contributed by atoms with E-state index in [0.717, 1.165) is 33.4 Å². The van der Waals surface area contributed by atoms with Crippen molar-refractivity contribution in [1.29, 1.82) is 0 Å². The molecule has 0 atom stereocenters. The van der Waals surface area contributed by atoms with Crippen LogP contribution >= 0.6 is 0 Å². The van der Waals surface area contributed by atoms with Crippen LogP contribution in [0.15, 0.2) is 36.4 Å². The van der Waals surface area contributed by atoms with E-state index >= 15 is 0 Å². The first-order valence-electron chi connectivity index (χ1n) is 6.17. The number of hydrogen-bond donors (Lipinski definition) is 0. The van der Waals surface area contributed by atoms with Gasteiger partial charge in [0.25, 0.3) is 0 Å². The normalized spacial score (nSPS) is 10.4. The van der Waals surface area contributed by atoms with Gasteiger partial charge in [0.15, 0.2) is 5.78 Å². The summed E-state index contributed by atoms with van der Waals surface area (Å²) in [4.78, 5) is 12.5. The van der Waals surface area contributed by atoms with E-state index in [9.17, 15) is 4.79 Å². The number of benzene rings is 2. The number of aryl methyl sites for hydroxylation is 4. The number of carbonyl (C=O) groups excluding carboxylic acids is 1. The summed E-state index contributed by atoms with van der Waals surface area (Å²) in [5.74, 6) is 0.114. The van der Waals surface area contributed by atoms with Gasteiger partial charge in [-0.1, -0.05) is 34.9 Å². The highest BCUT2D eigenvalue weighted by atomic mass is 16.1. The fourth-order valence-electron chi connectivity index (χ4n) is 2.24. The first-order chi connectivity index (χ1) is 8.47. The Balaban J connectivity index is 2.51. The smallest absolute Gasteiger partial charge is 0.193 e. The van der Waals surface area contributed by atoms with E-state index in [1.54, 1.807) is 0 Å². The van der Waals surface area contributed by atoms with Crippen LogP contribution in [0.1, 0.15) is 38.2 Å². The number of carbonyl (C=O) groups is 1. The lowest BCUT2D eigenvalue weighted by molar-refractivity contribution is 0.103. The van der Waals surface area contributed by atoms with Crippen molar-refractivity contribution in [2.24, 2.45) is 0 Å². The molecule has 2 rings (SSSR count). The number of rotatable bonds is 2. The van der Waals surface area contributed by atoms with E-state index in [-0.39, 0.29) is 5.78 Å². The molecule has 1 heteroatoms. The molecule has 0 saturated heterocycles. The molecule has 0 aliphatic rings. The van der Waals surface area contributed by atoms with Gasteiger partial charge in [-0.15, -0.1) is 0 Å². The van der Waals surface area contributed by atoms with Crippen LogP contribution in [0, 0.1) is 27.7 Å². The summed E-state index contributed by atoms with van der Waals surface area (Å²) in [6.45, 7) is 8.03. The summed E-state index contributed by atoms with van der Waals surface area (Å²) in [6, 6.07) is 12.0. The zero-order valence-electron chi connectivity index (χ0n) is 11.4. The van der Waals surface area contributed by atoms with Crippen LogP contribution in [0.2, 0.25) is 0 Å². The van der Waals surface area contributed by atoms with Gasteiger partial charge in [0, 0.05) is 11.1 Å². The highest BCUT2D eigenvalue weighted by Gasteiger charge is 2.12. The summed E-state index contributed by atoms with van der Waals surface area (Å²) in [5.41, 5.74) is 5.99. The van der Waals surface area contributed by atoms with Gasteiger partial charge in [-0.3, -0.25) is 4.79 Å². The van der Waals surface area contributed by atoms with Gasteiger partial charge >= 0.3 is 0 Å². The lowest BCUT2D eigenvalue weighted by Crippen LogP contribution is -2.05. The van der Waals surface area contributed by atoms with Crippen LogP contribution in [0.5, 0.6) is 0 Å². The lowest BCUT2D eigenvalue weighted by Gasteiger charge is -2.08. The molecule has 0 bridgehead atoms. The Morgan fingerprint density at radius 2 is 1.39 bits per heavy atom. The summed E-state index contributed by atoms with van der Waals surface area (Å²) >= 11 is 0. The monoisotopic (exact) mass is 238 g/mol. The molecule has 2 aromatic carbocycles. The fourth-order valence-corrected chi connectivity index (χ4v) is 2.24. The van der Waals surface area contributed by atoms with Crippen LogP contribution < -0.4 is 0 Å². The van der Waals surface area contributed by atoms with E-state index in [2.05, 4.69) is 6.07 Å². The molecule has 0 saturated carbocycles. The van der Waals surface area contributed by atoms with E-state index in [1.165, 1.54) is 0 Å². The van der Waals surface area contributed by atoms with Gasteiger partial charge in [0.2, 0.25) is 0 Å². The predicted molar refractivity (Wildman–Crippen MR) is 75.3 cm³/mol. The Hall–Kier alpha value is -1.89. The Bertz CT molecular complexity index is 589. The van der Waals surface area contributed by atoms with Gasteiger partial charge in [0.05, 0.1) is 0 Å². The van der Waals surface area contributed by atoms with Gasteiger partial charge < -0.3 is 0 Å². The summed E-state index contributed by atoms with van der Waals surface area (Å²) < 4.78 is 0. The Kier molecular flexibility index (Phi) is 3.33. The summed E-state index contributed by atoms with van der Waals surface area (Å²) in [6.07, 6.45) is 0. The third kappa shape index (κ3) is 2.51. The van der Waals surface area contributed by atoms with Gasteiger partial charge in [-0.05, 0) is 51.5 Å². The van der Waals surface area contributed by atoms with Gasteiger partial charge in [-0.2, -0.15) is 0 Å². The molecule has 0 amide bonds. The Morgan fingerprint density at radius 3 is 2.00 bits per heavy atom. The SMILES string of the molecule is Cc1cc(C)cc(C(=O)c2cc(C)ccc2C)c1. The first kappa shape index (κ1) is 12.6. The quantitative estimate of drug-likeness (QED) is 0.718. The maximum absolute atomic E-state index is 12.5. The van der Waals surface area contributed by atoms with E-state index in [0.29, 0.717) is 0 Å². The lowest BCUT2D eigenvalue weighted by atomic mass is 9.95. The second-order valence-electron chi connectivity index (χ2n) is 5.02. The highest BCUT2D eigenvalue weighted by molar-refractivity contribution is 6.10. The van der Waals surface area contributed by atoms with Gasteiger partial charge in [0.1, 0.15) is 0 Å². The fraction of sp³-hybridized carbons (Fsp3) is 0.235. The molecule has 0 aliphatic heterocycles. The third-order valence-electron chi connectivity index (χ3n) is 3.12. The molecular formula is C17H18O. The highest BCUT2D eigenvalue weighted by Crippen LogP contribution is 2.18. The van der Waals surface area contributed by atoms with Crippen molar-refractivity contribution in [3.05, 3.63) is 69.8 Å². The van der Waals surface area contributed by atoms with E-state index in [4.69, 9.17) is 0 Å². The molecular weight excluding hydrogens is 220 g/mol. The van der Waals surface area contributed by atoms with E-state index < -0.39 is 0 Å². The largest absolute Gasteiger partial charge is 0.289 e. The second-order valence-corrected chi connectivity index (χ2v) is 5.02. The minimum absolute atomic E-state index is 0.114.